The molecule has 0 radical (unpaired) electrons. The molecule has 114 valence electrons. The van der Waals surface area contributed by atoms with E-state index in [2.05, 4.69) is 20.4 Å². The third-order valence-electron chi connectivity index (χ3n) is 5.01. The topological polar surface area (TPSA) is 40.5 Å². The molecule has 0 heterocycles. The summed E-state index contributed by atoms with van der Waals surface area (Å²) in [5.41, 5.74) is 3.50. The SMILES string of the molecule is C=CCc1c(O)ccc2c1C(CN(C)C(C)=O)C(C)C2C. The zero-order chi connectivity index (χ0) is 15.7. The number of fused-ring (bicyclic) bond motifs is 1. The number of carbonyl (C=O) groups excluding carboxylic acids is 1. The van der Waals surface area contributed by atoms with E-state index >= 15 is 0 Å². The minimum Gasteiger partial charge on any atom is -0.508 e. The monoisotopic (exact) mass is 287 g/mol. The Morgan fingerprint density at radius 1 is 1.43 bits per heavy atom. The molecule has 21 heavy (non-hydrogen) atoms. The summed E-state index contributed by atoms with van der Waals surface area (Å²) in [6.07, 6.45) is 2.49. The number of phenols is 1. The van der Waals surface area contributed by atoms with Crippen molar-refractivity contribution in [2.45, 2.75) is 39.0 Å². The Morgan fingerprint density at radius 2 is 2.10 bits per heavy atom. The highest BCUT2D eigenvalue weighted by Crippen LogP contribution is 2.49. The first-order chi connectivity index (χ1) is 9.88. The highest BCUT2D eigenvalue weighted by Gasteiger charge is 2.38. The molecule has 0 bridgehead atoms. The summed E-state index contributed by atoms with van der Waals surface area (Å²) in [6, 6.07) is 3.82. The predicted octanol–water partition coefficient (Wildman–Crippen LogP) is 3.44. The lowest BCUT2D eigenvalue weighted by Crippen LogP contribution is -2.30. The fourth-order valence-electron chi connectivity index (χ4n) is 3.44. The fraction of sp³-hybridized carbons (Fsp3) is 0.500. The third kappa shape index (κ3) is 2.69. The van der Waals surface area contributed by atoms with Gasteiger partial charge in [0.05, 0.1) is 0 Å². The molecule has 0 aliphatic heterocycles. The van der Waals surface area contributed by atoms with Crippen LogP contribution >= 0.6 is 0 Å². The first-order valence-electron chi connectivity index (χ1n) is 7.55. The minimum atomic E-state index is 0.0775. The Balaban J connectivity index is 2.49. The van der Waals surface area contributed by atoms with Gasteiger partial charge in [0, 0.05) is 32.0 Å². The van der Waals surface area contributed by atoms with Crippen LogP contribution in [-0.4, -0.2) is 29.5 Å². The van der Waals surface area contributed by atoms with Crippen molar-refractivity contribution in [2.24, 2.45) is 5.92 Å². The van der Waals surface area contributed by atoms with Gasteiger partial charge in [-0.05, 0) is 35.4 Å². The summed E-state index contributed by atoms with van der Waals surface area (Å²) in [7, 11) is 1.84. The molecular weight excluding hydrogens is 262 g/mol. The Bertz CT molecular complexity index is 565. The van der Waals surface area contributed by atoms with Gasteiger partial charge in [0.25, 0.3) is 0 Å². The average molecular weight is 287 g/mol. The molecule has 3 atom stereocenters. The van der Waals surface area contributed by atoms with Crippen molar-refractivity contribution in [3.8, 4) is 5.75 Å². The fourth-order valence-corrected chi connectivity index (χ4v) is 3.44. The largest absolute Gasteiger partial charge is 0.508 e. The Morgan fingerprint density at radius 3 is 2.67 bits per heavy atom. The van der Waals surface area contributed by atoms with Gasteiger partial charge in [-0.25, -0.2) is 0 Å². The number of nitrogens with zero attached hydrogens (tertiary/aromatic N) is 1. The van der Waals surface area contributed by atoms with Gasteiger partial charge in [0.1, 0.15) is 5.75 Å². The maximum absolute atomic E-state index is 11.6. The number of rotatable bonds is 4. The third-order valence-corrected chi connectivity index (χ3v) is 5.01. The van der Waals surface area contributed by atoms with Crippen molar-refractivity contribution in [3.63, 3.8) is 0 Å². The molecule has 0 saturated heterocycles. The molecule has 3 unspecified atom stereocenters. The molecule has 3 nitrogen and oxygen atoms in total. The highest BCUT2D eigenvalue weighted by atomic mass is 16.3. The molecule has 1 aliphatic carbocycles. The van der Waals surface area contributed by atoms with E-state index in [0.717, 1.165) is 5.56 Å². The second-order valence-electron chi connectivity index (χ2n) is 6.21. The van der Waals surface area contributed by atoms with Crippen LogP contribution in [0.2, 0.25) is 0 Å². The second-order valence-corrected chi connectivity index (χ2v) is 6.21. The van der Waals surface area contributed by atoms with Gasteiger partial charge >= 0.3 is 0 Å². The predicted molar refractivity (Wildman–Crippen MR) is 85.6 cm³/mol. The molecule has 1 N–H and O–H groups in total. The van der Waals surface area contributed by atoms with E-state index < -0.39 is 0 Å². The van der Waals surface area contributed by atoms with Crippen molar-refractivity contribution < 1.29 is 9.90 Å². The van der Waals surface area contributed by atoms with Crippen LogP contribution in [0.1, 0.15) is 49.3 Å². The van der Waals surface area contributed by atoms with Gasteiger partial charge in [-0.1, -0.05) is 26.0 Å². The Labute approximate surface area is 127 Å². The van der Waals surface area contributed by atoms with E-state index in [0.29, 0.717) is 30.6 Å². The number of benzene rings is 1. The van der Waals surface area contributed by atoms with Crippen molar-refractivity contribution in [2.75, 3.05) is 13.6 Å². The molecule has 1 aliphatic rings. The minimum absolute atomic E-state index is 0.0775. The van der Waals surface area contributed by atoms with E-state index in [-0.39, 0.29) is 11.8 Å². The molecule has 1 amide bonds. The highest BCUT2D eigenvalue weighted by molar-refractivity contribution is 5.73. The van der Waals surface area contributed by atoms with Gasteiger partial charge in [0.2, 0.25) is 5.91 Å². The van der Waals surface area contributed by atoms with Gasteiger partial charge in [0.15, 0.2) is 0 Å². The first-order valence-corrected chi connectivity index (χ1v) is 7.55. The lowest BCUT2D eigenvalue weighted by molar-refractivity contribution is -0.127. The number of allylic oxidation sites excluding steroid dienone is 1. The van der Waals surface area contributed by atoms with E-state index in [1.807, 2.05) is 19.2 Å². The maximum atomic E-state index is 11.6. The van der Waals surface area contributed by atoms with Crippen molar-refractivity contribution in [1.29, 1.82) is 0 Å². The summed E-state index contributed by atoms with van der Waals surface area (Å²) >= 11 is 0. The van der Waals surface area contributed by atoms with Crippen molar-refractivity contribution in [3.05, 3.63) is 41.5 Å². The quantitative estimate of drug-likeness (QED) is 0.862. The number of aromatic hydroxyl groups is 1. The van der Waals surface area contributed by atoms with E-state index in [4.69, 9.17) is 0 Å². The molecule has 0 spiro atoms. The van der Waals surface area contributed by atoms with E-state index in [9.17, 15) is 9.90 Å². The van der Waals surface area contributed by atoms with Crippen LogP contribution < -0.4 is 0 Å². The average Bonchev–Trinajstić information content (AvgIpc) is 2.67. The molecule has 2 rings (SSSR count). The van der Waals surface area contributed by atoms with E-state index in [1.165, 1.54) is 11.1 Å². The van der Waals surface area contributed by atoms with Crippen LogP contribution in [0.15, 0.2) is 24.8 Å². The van der Waals surface area contributed by atoms with Crippen LogP contribution in [0, 0.1) is 5.92 Å². The maximum Gasteiger partial charge on any atom is 0.219 e. The van der Waals surface area contributed by atoms with Gasteiger partial charge in [-0.3, -0.25) is 4.79 Å². The lowest BCUT2D eigenvalue weighted by atomic mass is 9.87. The zero-order valence-corrected chi connectivity index (χ0v) is 13.4. The summed E-state index contributed by atoms with van der Waals surface area (Å²) < 4.78 is 0. The lowest BCUT2D eigenvalue weighted by Gasteiger charge is -2.26. The van der Waals surface area contributed by atoms with Crippen LogP contribution in [0.3, 0.4) is 0 Å². The molecule has 3 heteroatoms. The Hall–Kier alpha value is -1.77. The molecule has 0 fully saturated rings. The summed E-state index contributed by atoms with van der Waals surface area (Å²) in [5.74, 6) is 1.58. The van der Waals surface area contributed by atoms with Crippen molar-refractivity contribution in [1.82, 2.24) is 4.90 Å². The molecular formula is C18H25NO2. The van der Waals surface area contributed by atoms with Gasteiger partial charge in [-0.2, -0.15) is 0 Å². The number of likely N-dealkylation sites (N-methyl/N-ethyl adjacent to an activating group) is 1. The molecule has 0 aromatic heterocycles. The van der Waals surface area contributed by atoms with Crippen LogP contribution in [0.4, 0.5) is 0 Å². The number of hydrogen-bond donors (Lipinski definition) is 1. The van der Waals surface area contributed by atoms with Crippen LogP contribution in [0.5, 0.6) is 5.75 Å². The molecule has 0 saturated carbocycles. The summed E-state index contributed by atoms with van der Waals surface area (Å²) in [6.45, 7) is 10.6. The number of phenolic OH excluding ortho intramolecular Hbond substituents is 1. The first kappa shape index (κ1) is 15.6. The zero-order valence-electron chi connectivity index (χ0n) is 13.4. The van der Waals surface area contributed by atoms with Crippen LogP contribution in [-0.2, 0) is 11.2 Å². The van der Waals surface area contributed by atoms with Crippen molar-refractivity contribution >= 4 is 5.91 Å². The van der Waals surface area contributed by atoms with Crippen LogP contribution in [0.25, 0.3) is 0 Å². The normalized spacial score (nSPS) is 23.7. The standard InChI is InChI=1S/C18H25NO2/c1-6-7-15-17(21)9-8-14-11(2)12(3)16(18(14)15)10-19(5)13(4)20/h6,8-9,11-12,16,21H,1,7,10H2,2-5H3. The number of carbonyl (C=O) groups is 1. The number of hydrogen-bond acceptors (Lipinski definition) is 2. The Kier molecular flexibility index (Phi) is 4.40. The summed E-state index contributed by atoms with van der Waals surface area (Å²) in [5, 5.41) is 10.2. The van der Waals surface area contributed by atoms with E-state index in [1.54, 1.807) is 17.9 Å². The molecule has 1 aromatic carbocycles. The smallest absolute Gasteiger partial charge is 0.219 e. The second kappa shape index (κ2) is 5.92. The molecule has 1 aromatic rings. The number of amides is 1. The van der Waals surface area contributed by atoms with Gasteiger partial charge in [-0.15, -0.1) is 6.58 Å². The summed E-state index contributed by atoms with van der Waals surface area (Å²) in [4.78, 5) is 13.3. The van der Waals surface area contributed by atoms with Gasteiger partial charge < -0.3 is 10.0 Å².